The number of benzene rings is 2. The lowest BCUT2D eigenvalue weighted by Gasteiger charge is -2.36. The summed E-state index contributed by atoms with van der Waals surface area (Å²) in [6, 6.07) is 7.33. The highest BCUT2D eigenvalue weighted by atomic mass is 31.2. The van der Waals surface area contributed by atoms with Crippen molar-refractivity contribution in [3.63, 3.8) is 0 Å². The summed E-state index contributed by atoms with van der Waals surface area (Å²) in [5.41, 5.74) is 5.50. The zero-order valence-corrected chi connectivity index (χ0v) is 16.5. The molecule has 0 saturated carbocycles. The van der Waals surface area contributed by atoms with Crippen molar-refractivity contribution in [2.75, 3.05) is 0 Å². The van der Waals surface area contributed by atoms with Crippen LogP contribution in [-0.2, 0) is 4.57 Å². The Morgan fingerprint density at radius 2 is 0.960 bits per heavy atom. The zero-order valence-electron chi connectivity index (χ0n) is 15.6. The molecule has 4 nitrogen and oxygen atoms in total. The SMILES string of the molecule is Cc1cc(C)c(C(O)P(=O)([O-])C(O)c2c(C)cc(C)cc2C)c(C)c1. The minimum Gasteiger partial charge on any atom is -0.795 e. The molecule has 2 aromatic rings. The summed E-state index contributed by atoms with van der Waals surface area (Å²) in [5.74, 6) is -3.49. The fourth-order valence-electron chi connectivity index (χ4n) is 3.69. The largest absolute Gasteiger partial charge is 0.795 e. The van der Waals surface area contributed by atoms with E-state index in [1.165, 1.54) is 0 Å². The molecular formula is C20H26O4P-. The number of aliphatic hydroxyl groups is 2. The van der Waals surface area contributed by atoms with E-state index in [1.807, 2.05) is 38.1 Å². The lowest BCUT2D eigenvalue weighted by molar-refractivity contribution is -0.192. The maximum absolute atomic E-state index is 12.9. The molecule has 25 heavy (non-hydrogen) atoms. The number of hydrogen-bond acceptors (Lipinski definition) is 4. The molecular weight excluding hydrogens is 335 g/mol. The molecule has 2 unspecified atom stereocenters. The second-order valence-electron chi connectivity index (χ2n) is 7.02. The molecule has 136 valence electrons. The van der Waals surface area contributed by atoms with Crippen LogP contribution < -0.4 is 4.89 Å². The first-order valence-electron chi connectivity index (χ1n) is 8.28. The number of hydrogen-bond donors (Lipinski definition) is 2. The smallest absolute Gasteiger partial charge is 0.122 e. The zero-order chi connectivity index (χ0) is 19.1. The third-order valence-electron chi connectivity index (χ3n) is 4.67. The van der Waals surface area contributed by atoms with E-state index >= 15 is 0 Å². The Labute approximate surface area is 149 Å². The van der Waals surface area contributed by atoms with Gasteiger partial charge >= 0.3 is 0 Å². The van der Waals surface area contributed by atoms with Crippen molar-refractivity contribution >= 4 is 7.37 Å². The number of aryl methyl sites for hydroxylation is 6. The van der Waals surface area contributed by atoms with Gasteiger partial charge in [-0.2, -0.15) is 0 Å². The first kappa shape index (κ1) is 19.9. The summed E-state index contributed by atoms with van der Waals surface area (Å²) in [5, 5.41) is 21.3. The Balaban J connectivity index is 2.53. The van der Waals surface area contributed by atoms with E-state index in [1.54, 1.807) is 27.7 Å². The van der Waals surface area contributed by atoms with Gasteiger partial charge in [-0.05, 0) is 74.9 Å². The molecule has 0 spiro atoms. The maximum Gasteiger partial charge on any atom is 0.122 e. The normalized spacial score (nSPS) is 16.4. The monoisotopic (exact) mass is 361 g/mol. The van der Waals surface area contributed by atoms with E-state index in [0.717, 1.165) is 11.1 Å². The molecule has 2 aromatic carbocycles. The molecule has 0 aromatic heterocycles. The summed E-state index contributed by atoms with van der Waals surface area (Å²) >= 11 is 0. The van der Waals surface area contributed by atoms with Gasteiger partial charge < -0.3 is 19.7 Å². The fourth-order valence-corrected chi connectivity index (χ4v) is 5.49. The second-order valence-corrected chi connectivity index (χ2v) is 9.29. The molecule has 0 bridgehead atoms. The van der Waals surface area contributed by atoms with Gasteiger partial charge in [-0.15, -0.1) is 0 Å². The van der Waals surface area contributed by atoms with Gasteiger partial charge in [0.25, 0.3) is 0 Å². The van der Waals surface area contributed by atoms with Crippen LogP contribution in [0.4, 0.5) is 0 Å². The Morgan fingerprint density at radius 3 is 1.20 bits per heavy atom. The molecule has 5 heteroatoms. The van der Waals surface area contributed by atoms with E-state index in [9.17, 15) is 19.7 Å². The van der Waals surface area contributed by atoms with Crippen molar-refractivity contribution in [1.29, 1.82) is 0 Å². The second kappa shape index (κ2) is 7.05. The van der Waals surface area contributed by atoms with Crippen LogP contribution in [-0.4, -0.2) is 10.2 Å². The quantitative estimate of drug-likeness (QED) is 0.811. The minimum absolute atomic E-state index is 0.352. The van der Waals surface area contributed by atoms with Gasteiger partial charge in [-0.1, -0.05) is 35.4 Å². The number of aliphatic hydroxyl groups excluding tert-OH is 2. The Bertz CT molecular complexity index is 743. The highest BCUT2D eigenvalue weighted by Crippen LogP contribution is 2.61. The molecule has 0 fully saturated rings. The molecule has 2 rings (SSSR count). The predicted molar refractivity (Wildman–Crippen MR) is 98.8 cm³/mol. The summed E-state index contributed by atoms with van der Waals surface area (Å²) in [4.78, 5) is 12.9. The highest BCUT2D eigenvalue weighted by molar-refractivity contribution is 7.56. The van der Waals surface area contributed by atoms with Crippen LogP contribution >= 0.6 is 7.37 Å². The lowest BCUT2D eigenvalue weighted by atomic mass is 10.0. The van der Waals surface area contributed by atoms with Crippen LogP contribution in [0.15, 0.2) is 24.3 Å². The fraction of sp³-hybridized carbons (Fsp3) is 0.400. The van der Waals surface area contributed by atoms with Crippen LogP contribution in [0.1, 0.15) is 56.2 Å². The highest BCUT2D eigenvalue weighted by Gasteiger charge is 2.34. The van der Waals surface area contributed by atoms with Gasteiger partial charge in [-0.25, -0.2) is 0 Å². The van der Waals surface area contributed by atoms with Crippen LogP contribution in [0, 0.1) is 41.5 Å². The molecule has 0 aliphatic carbocycles. The standard InChI is InChI=1S/C20H27O4P/c1-11-7-13(3)17(14(4)8-11)19(21)25(23,24)20(22)18-15(5)9-12(2)10-16(18)6/h7-10,19-22H,1-6H3,(H,23,24)/p-1. The van der Waals surface area contributed by atoms with Gasteiger partial charge in [0.1, 0.15) is 11.7 Å². The van der Waals surface area contributed by atoms with Crippen LogP contribution in [0.25, 0.3) is 0 Å². The summed E-state index contributed by atoms with van der Waals surface area (Å²) < 4.78 is 12.9. The molecule has 2 N–H and O–H groups in total. The van der Waals surface area contributed by atoms with E-state index in [0.29, 0.717) is 33.4 Å². The van der Waals surface area contributed by atoms with Crippen molar-refractivity contribution in [1.82, 2.24) is 0 Å². The average molecular weight is 361 g/mol. The first-order chi connectivity index (χ1) is 11.5. The first-order valence-corrected chi connectivity index (χ1v) is 10.0. The summed E-state index contributed by atoms with van der Waals surface area (Å²) in [6.07, 6.45) is 0. The molecule has 2 atom stereocenters. The molecule has 0 aliphatic rings. The van der Waals surface area contributed by atoms with Gasteiger partial charge in [0, 0.05) is 0 Å². The number of rotatable bonds is 4. The maximum atomic E-state index is 12.9. The van der Waals surface area contributed by atoms with E-state index in [4.69, 9.17) is 0 Å². The van der Waals surface area contributed by atoms with Gasteiger partial charge in [-0.3, -0.25) is 0 Å². The average Bonchev–Trinajstić information content (AvgIpc) is 2.44. The molecule has 0 radical (unpaired) electrons. The van der Waals surface area contributed by atoms with Crippen molar-refractivity contribution in [3.8, 4) is 0 Å². The van der Waals surface area contributed by atoms with Crippen molar-refractivity contribution < 1.29 is 19.7 Å². The van der Waals surface area contributed by atoms with Crippen LogP contribution in [0.3, 0.4) is 0 Å². The minimum atomic E-state index is -4.60. The van der Waals surface area contributed by atoms with E-state index in [-0.39, 0.29) is 0 Å². The molecule has 0 saturated heterocycles. The van der Waals surface area contributed by atoms with Crippen molar-refractivity contribution in [3.05, 3.63) is 68.8 Å². The summed E-state index contributed by atoms with van der Waals surface area (Å²) in [6.45, 7) is 10.9. The third kappa shape index (κ3) is 3.73. The molecule has 0 aliphatic heterocycles. The topological polar surface area (TPSA) is 80.6 Å². The van der Waals surface area contributed by atoms with E-state index < -0.39 is 19.1 Å². The predicted octanol–water partition coefficient (Wildman–Crippen LogP) is 3.86. The molecule has 0 heterocycles. The van der Waals surface area contributed by atoms with E-state index in [2.05, 4.69) is 0 Å². The van der Waals surface area contributed by atoms with Gasteiger partial charge in [0.15, 0.2) is 0 Å². The van der Waals surface area contributed by atoms with Crippen LogP contribution in [0.5, 0.6) is 0 Å². The Hall–Kier alpha value is -1.45. The molecule has 0 amide bonds. The lowest BCUT2D eigenvalue weighted by Crippen LogP contribution is -2.20. The van der Waals surface area contributed by atoms with Crippen molar-refractivity contribution in [2.45, 2.75) is 53.2 Å². The summed E-state index contributed by atoms with van der Waals surface area (Å²) in [7, 11) is -4.60. The Morgan fingerprint density at radius 1 is 0.720 bits per heavy atom. The van der Waals surface area contributed by atoms with Crippen molar-refractivity contribution in [2.24, 2.45) is 0 Å². The van der Waals surface area contributed by atoms with Gasteiger partial charge in [0.05, 0.1) is 7.37 Å². The van der Waals surface area contributed by atoms with Gasteiger partial charge in [0.2, 0.25) is 0 Å². The van der Waals surface area contributed by atoms with Crippen LogP contribution in [0.2, 0.25) is 0 Å². The Kier molecular flexibility index (Phi) is 5.60. The third-order valence-corrected chi connectivity index (χ3v) is 6.55.